The van der Waals surface area contributed by atoms with Gasteiger partial charge in [0.1, 0.15) is 11.3 Å². The minimum Gasteiger partial charge on any atom is -0.294 e. The minimum absolute atomic E-state index is 0.100. The molecule has 24 heavy (non-hydrogen) atoms. The van der Waals surface area contributed by atoms with Gasteiger partial charge in [0.25, 0.3) is 0 Å². The van der Waals surface area contributed by atoms with Gasteiger partial charge in [-0.05, 0) is 11.1 Å². The van der Waals surface area contributed by atoms with Crippen molar-refractivity contribution < 1.29 is 9.59 Å². The first kappa shape index (κ1) is 16.9. The molecule has 0 bridgehead atoms. The highest BCUT2D eigenvalue weighted by atomic mass is 32.2. The lowest BCUT2D eigenvalue weighted by atomic mass is 10.2. The molecular weight excluding hydrogens is 340 g/mol. The Kier molecular flexibility index (Phi) is 5.82. The van der Waals surface area contributed by atoms with Gasteiger partial charge < -0.3 is 0 Å². The van der Waals surface area contributed by atoms with Gasteiger partial charge in [0.15, 0.2) is 0 Å². The number of hydrogen-bond acceptors (Lipinski definition) is 4. The number of benzene rings is 2. The highest BCUT2D eigenvalue weighted by Crippen LogP contribution is 2.33. The zero-order chi connectivity index (χ0) is 16.8. The number of carbonyl (C=O) groups is 2. The number of nitrogens with zero attached hydrogens (tertiary/aromatic N) is 1. The van der Waals surface area contributed by atoms with E-state index >= 15 is 0 Å². The fourth-order valence-corrected chi connectivity index (χ4v) is 4.89. The van der Waals surface area contributed by atoms with Crippen molar-refractivity contribution in [3.63, 3.8) is 0 Å². The van der Waals surface area contributed by atoms with Crippen molar-refractivity contribution in [1.29, 1.82) is 0 Å². The summed E-state index contributed by atoms with van der Waals surface area (Å²) >= 11 is 3.35. The summed E-state index contributed by atoms with van der Waals surface area (Å²) in [6.07, 6.45) is 0. The smallest absolute Gasteiger partial charge is 0.294 e. The monoisotopic (exact) mass is 358 g/mol. The topological polar surface area (TPSA) is 49.4 Å². The lowest BCUT2D eigenvalue weighted by Crippen LogP contribution is -2.34. The summed E-state index contributed by atoms with van der Waals surface area (Å²) in [5, 5.41) is 2.37. The van der Waals surface area contributed by atoms with E-state index in [2.05, 4.69) is 29.6 Å². The van der Waals surface area contributed by atoms with Crippen LogP contribution >= 0.6 is 23.5 Å². The van der Waals surface area contributed by atoms with Crippen molar-refractivity contribution in [3.05, 3.63) is 71.8 Å². The van der Waals surface area contributed by atoms with Crippen LogP contribution in [0.1, 0.15) is 11.1 Å². The maximum atomic E-state index is 12.0. The highest BCUT2D eigenvalue weighted by Gasteiger charge is 2.33. The summed E-state index contributed by atoms with van der Waals surface area (Å²) in [6, 6.07) is 20.0. The van der Waals surface area contributed by atoms with E-state index < -0.39 is 0 Å². The number of hydrogen-bond donors (Lipinski definition) is 1. The summed E-state index contributed by atoms with van der Waals surface area (Å²) in [5.41, 5.74) is 2.41. The average molecular weight is 358 g/mol. The minimum atomic E-state index is -0.300. The predicted molar refractivity (Wildman–Crippen MR) is 99.5 cm³/mol. The number of nitrogens with one attached hydrogen (secondary N) is 1. The van der Waals surface area contributed by atoms with Crippen LogP contribution in [0.3, 0.4) is 0 Å². The standard InChI is InChI=1S/C18H18N2O2S2/c21-16-11-20(17(22)19-16)18(23-12-14-7-3-1-4-8-14)24-13-15-9-5-2-6-10-15/h1-10,18H,11-13H2,(H,19,21,22). The lowest BCUT2D eigenvalue weighted by molar-refractivity contribution is -0.118. The summed E-state index contributed by atoms with van der Waals surface area (Å²) < 4.78 is -0.100. The number of carbonyl (C=O) groups excluding carboxylic acids is 2. The SMILES string of the molecule is O=C1CN(C(SCc2ccccc2)SCc2ccccc2)C(=O)N1. The van der Waals surface area contributed by atoms with Gasteiger partial charge in [-0.3, -0.25) is 15.0 Å². The zero-order valence-electron chi connectivity index (χ0n) is 13.1. The molecule has 0 spiro atoms. The summed E-state index contributed by atoms with van der Waals surface area (Å²) in [4.78, 5) is 25.2. The predicted octanol–water partition coefficient (Wildman–Crippen LogP) is 3.69. The molecule has 0 saturated carbocycles. The molecule has 1 aliphatic rings. The molecule has 6 heteroatoms. The Morgan fingerprint density at radius 2 is 1.38 bits per heavy atom. The summed E-state index contributed by atoms with van der Waals surface area (Å²) in [5.74, 6) is 1.36. The maximum Gasteiger partial charge on any atom is 0.326 e. The van der Waals surface area contributed by atoms with Gasteiger partial charge in [0, 0.05) is 11.5 Å². The molecule has 0 atom stereocenters. The molecule has 1 heterocycles. The molecule has 124 valence electrons. The average Bonchev–Trinajstić information content (AvgIpc) is 2.95. The molecule has 1 saturated heterocycles. The first-order valence-electron chi connectivity index (χ1n) is 7.64. The van der Waals surface area contributed by atoms with Gasteiger partial charge in [0.05, 0.1) is 0 Å². The lowest BCUT2D eigenvalue weighted by Gasteiger charge is -2.25. The van der Waals surface area contributed by atoms with Gasteiger partial charge in [-0.15, -0.1) is 23.5 Å². The van der Waals surface area contributed by atoms with E-state index in [1.165, 1.54) is 11.1 Å². The van der Waals surface area contributed by atoms with Crippen LogP contribution in [-0.4, -0.2) is 28.1 Å². The Hall–Kier alpha value is -1.92. The Labute approximate surface area is 150 Å². The van der Waals surface area contributed by atoms with E-state index in [1.54, 1.807) is 28.4 Å². The molecule has 0 aliphatic carbocycles. The molecule has 1 aliphatic heterocycles. The van der Waals surface area contributed by atoms with Crippen molar-refractivity contribution in [2.45, 2.75) is 16.2 Å². The van der Waals surface area contributed by atoms with Crippen molar-refractivity contribution >= 4 is 35.5 Å². The number of imide groups is 1. The normalized spacial score (nSPS) is 14.3. The van der Waals surface area contributed by atoms with Crippen LogP contribution in [0.2, 0.25) is 0 Å². The fraction of sp³-hybridized carbons (Fsp3) is 0.222. The third-order valence-corrected chi connectivity index (χ3v) is 6.44. The van der Waals surface area contributed by atoms with E-state index in [9.17, 15) is 9.59 Å². The molecule has 3 amide bonds. The van der Waals surface area contributed by atoms with Crippen LogP contribution in [0.4, 0.5) is 4.79 Å². The molecule has 2 aromatic rings. The van der Waals surface area contributed by atoms with E-state index in [0.717, 1.165) is 11.5 Å². The summed E-state index contributed by atoms with van der Waals surface area (Å²) in [7, 11) is 0. The van der Waals surface area contributed by atoms with E-state index in [1.807, 2.05) is 36.4 Å². The van der Waals surface area contributed by atoms with Crippen LogP contribution in [0, 0.1) is 0 Å². The van der Waals surface area contributed by atoms with Crippen molar-refractivity contribution in [2.24, 2.45) is 0 Å². The number of rotatable bonds is 7. The van der Waals surface area contributed by atoms with Gasteiger partial charge in [0.2, 0.25) is 5.91 Å². The van der Waals surface area contributed by atoms with E-state index in [-0.39, 0.29) is 23.2 Å². The third-order valence-electron chi connectivity index (χ3n) is 3.55. The highest BCUT2D eigenvalue weighted by molar-refractivity contribution is 8.16. The molecule has 2 aromatic carbocycles. The molecule has 3 rings (SSSR count). The third kappa shape index (κ3) is 4.55. The second kappa shape index (κ2) is 8.26. The van der Waals surface area contributed by atoms with Crippen molar-refractivity contribution in [2.75, 3.05) is 6.54 Å². The second-order valence-electron chi connectivity index (χ2n) is 5.38. The second-order valence-corrected chi connectivity index (χ2v) is 7.82. The first-order valence-corrected chi connectivity index (χ1v) is 9.73. The van der Waals surface area contributed by atoms with Gasteiger partial charge in [-0.25, -0.2) is 4.79 Å². The van der Waals surface area contributed by atoms with Crippen LogP contribution < -0.4 is 5.32 Å². The van der Waals surface area contributed by atoms with Gasteiger partial charge >= 0.3 is 6.03 Å². The number of urea groups is 1. The number of amides is 3. The first-order chi connectivity index (χ1) is 11.7. The Morgan fingerprint density at radius 3 is 1.79 bits per heavy atom. The summed E-state index contributed by atoms with van der Waals surface area (Å²) in [6.45, 7) is 0.132. The molecular formula is C18H18N2O2S2. The molecule has 0 radical (unpaired) electrons. The molecule has 1 N–H and O–H groups in total. The largest absolute Gasteiger partial charge is 0.326 e. The van der Waals surface area contributed by atoms with E-state index in [0.29, 0.717) is 0 Å². The molecule has 1 fully saturated rings. The molecule has 0 unspecified atom stereocenters. The quantitative estimate of drug-likeness (QED) is 0.606. The Balaban J connectivity index is 1.66. The van der Waals surface area contributed by atoms with Crippen molar-refractivity contribution in [3.8, 4) is 0 Å². The van der Waals surface area contributed by atoms with Gasteiger partial charge in [-0.2, -0.15) is 0 Å². The molecule has 4 nitrogen and oxygen atoms in total. The molecule has 0 aromatic heterocycles. The van der Waals surface area contributed by atoms with Crippen LogP contribution in [0.25, 0.3) is 0 Å². The fourth-order valence-electron chi connectivity index (χ4n) is 2.34. The van der Waals surface area contributed by atoms with Crippen molar-refractivity contribution in [1.82, 2.24) is 10.2 Å². The Bertz CT molecular complexity index is 651. The number of thioether (sulfide) groups is 2. The Morgan fingerprint density at radius 1 is 0.875 bits per heavy atom. The maximum absolute atomic E-state index is 12.0. The van der Waals surface area contributed by atoms with E-state index in [4.69, 9.17) is 0 Å². The zero-order valence-corrected chi connectivity index (χ0v) is 14.7. The van der Waals surface area contributed by atoms with Crippen LogP contribution in [0.15, 0.2) is 60.7 Å². The van der Waals surface area contributed by atoms with Gasteiger partial charge in [-0.1, -0.05) is 60.7 Å². The van der Waals surface area contributed by atoms with Crippen LogP contribution in [0.5, 0.6) is 0 Å². The van der Waals surface area contributed by atoms with Crippen LogP contribution in [-0.2, 0) is 16.3 Å².